The van der Waals surface area contributed by atoms with Crippen LogP contribution >= 0.6 is 25.3 Å². The second-order valence-corrected chi connectivity index (χ2v) is 4.33. The topological polar surface area (TPSA) is 29.5 Å². The highest BCUT2D eigenvalue weighted by Crippen LogP contribution is 2.31. The van der Waals surface area contributed by atoms with E-state index >= 15 is 0 Å². The predicted molar refractivity (Wildman–Crippen MR) is 55.8 cm³/mol. The number of thiol groups is 2. The molecule has 0 aromatic heterocycles. The molecule has 0 saturated carbocycles. The molecular weight excluding hydrogens is 192 g/mol. The van der Waals surface area contributed by atoms with E-state index in [1.165, 1.54) is 0 Å². The molecule has 2 unspecified atom stereocenters. The Morgan fingerprint density at radius 2 is 1.92 bits per heavy atom. The smallest absolute Gasteiger partial charge is 0.105 e. The van der Waals surface area contributed by atoms with Gasteiger partial charge in [-0.05, 0) is 0 Å². The van der Waals surface area contributed by atoms with E-state index in [0.717, 1.165) is 0 Å². The average molecular weight is 208 g/mol. The summed E-state index contributed by atoms with van der Waals surface area (Å²) in [7, 11) is 0. The first-order valence-corrected chi connectivity index (χ1v) is 5.35. The van der Waals surface area contributed by atoms with Crippen LogP contribution < -0.4 is 0 Å². The third-order valence-corrected chi connectivity index (χ3v) is 3.56. The monoisotopic (exact) mass is 208 g/mol. The Morgan fingerprint density at radius 1 is 1.33 bits per heavy atom. The van der Waals surface area contributed by atoms with E-state index in [0.29, 0.717) is 5.75 Å². The van der Waals surface area contributed by atoms with Crippen LogP contribution in [0.2, 0.25) is 0 Å². The molecule has 2 nitrogen and oxygen atoms in total. The molecule has 1 aliphatic heterocycles. The van der Waals surface area contributed by atoms with Gasteiger partial charge in [0.15, 0.2) is 0 Å². The van der Waals surface area contributed by atoms with E-state index in [-0.39, 0.29) is 29.5 Å². The van der Waals surface area contributed by atoms with Gasteiger partial charge in [-0.15, -0.1) is 12.6 Å². The van der Waals surface area contributed by atoms with Gasteiger partial charge in [0.05, 0.1) is 12.2 Å². The first-order chi connectivity index (χ1) is 5.57. The second kappa shape index (κ2) is 4.22. The van der Waals surface area contributed by atoms with Crippen LogP contribution in [0.5, 0.6) is 0 Å². The van der Waals surface area contributed by atoms with Crippen molar-refractivity contribution in [2.24, 2.45) is 11.8 Å². The van der Waals surface area contributed by atoms with Gasteiger partial charge in [0.25, 0.3) is 0 Å². The highest BCUT2D eigenvalue weighted by molar-refractivity contribution is 7.80. The summed E-state index contributed by atoms with van der Waals surface area (Å²) >= 11 is 8.42. The van der Waals surface area contributed by atoms with Gasteiger partial charge >= 0.3 is 0 Å². The molecule has 1 rings (SSSR count). The number of aliphatic hydroxyl groups excluding tert-OH is 1. The molecule has 72 valence electrons. The molecule has 0 spiro atoms. The van der Waals surface area contributed by atoms with Crippen LogP contribution in [0.3, 0.4) is 0 Å². The zero-order valence-corrected chi connectivity index (χ0v) is 9.13. The molecule has 12 heavy (non-hydrogen) atoms. The molecule has 1 heterocycles. The highest BCUT2D eigenvalue weighted by atomic mass is 32.1. The molecular formula is C8H16O2S2. The lowest BCUT2D eigenvalue weighted by Crippen LogP contribution is -2.47. The lowest BCUT2D eigenvalue weighted by atomic mass is 9.87. The third kappa shape index (κ3) is 1.92. The van der Waals surface area contributed by atoms with E-state index in [9.17, 15) is 5.11 Å². The van der Waals surface area contributed by atoms with Crippen LogP contribution in [0.4, 0.5) is 0 Å². The van der Waals surface area contributed by atoms with Crippen molar-refractivity contribution in [2.75, 3.05) is 5.75 Å². The number of ether oxygens (including phenoxy) is 1. The van der Waals surface area contributed by atoms with Gasteiger partial charge in [-0.3, -0.25) is 0 Å². The minimum Gasteiger partial charge on any atom is -0.392 e. The van der Waals surface area contributed by atoms with E-state index in [4.69, 9.17) is 4.74 Å². The van der Waals surface area contributed by atoms with Crippen molar-refractivity contribution in [1.82, 2.24) is 0 Å². The Hall–Kier alpha value is 0.620. The second-order valence-electron chi connectivity index (χ2n) is 3.46. The van der Waals surface area contributed by atoms with Crippen LogP contribution in [0.25, 0.3) is 0 Å². The van der Waals surface area contributed by atoms with Gasteiger partial charge in [0.2, 0.25) is 0 Å². The summed E-state index contributed by atoms with van der Waals surface area (Å²) < 4.78 is 5.56. The minimum absolute atomic E-state index is 0.0297. The highest BCUT2D eigenvalue weighted by Gasteiger charge is 2.38. The van der Waals surface area contributed by atoms with Crippen LogP contribution in [-0.2, 0) is 4.74 Å². The SMILES string of the molecule is CC1[C@H](S)OC(CS)[C@@H](C)[C@@H]1O. The maximum absolute atomic E-state index is 9.76. The molecule has 0 bridgehead atoms. The summed E-state index contributed by atoms with van der Waals surface area (Å²) in [6.45, 7) is 3.94. The summed E-state index contributed by atoms with van der Waals surface area (Å²) in [5.41, 5.74) is -0.159. The van der Waals surface area contributed by atoms with E-state index < -0.39 is 0 Å². The lowest BCUT2D eigenvalue weighted by Gasteiger charge is -2.40. The van der Waals surface area contributed by atoms with Crippen LogP contribution in [0.15, 0.2) is 0 Å². The quantitative estimate of drug-likeness (QED) is 0.565. The van der Waals surface area contributed by atoms with Gasteiger partial charge in [0, 0.05) is 17.6 Å². The molecule has 1 aliphatic rings. The fraction of sp³-hybridized carbons (Fsp3) is 1.00. The van der Waals surface area contributed by atoms with Crippen molar-refractivity contribution in [3.8, 4) is 0 Å². The lowest BCUT2D eigenvalue weighted by molar-refractivity contribution is -0.121. The first kappa shape index (κ1) is 10.7. The minimum atomic E-state index is -0.321. The van der Waals surface area contributed by atoms with Gasteiger partial charge < -0.3 is 9.84 Å². The van der Waals surface area contributed by atoms with Crippen LogP contribution in [-0.4, -0.2) is 28.5 Å². The molecule has 1 N–H and O–H groups in total. The molecule has 1 fully saturated rings. The zero-order chi connectivity index (χ0) is 9.30. The Bertz CT molecular complexity index is 149. The van der Waals surface area contributed by atoms with E-state index in [1.54, 1.807) is 0 Å². The van der Waals surface area contributed by atoms with Crippen molar-refractivity contribution < 1.29 is 9.84 Å². The third-order valence-electron chi connectivity index (χ3n) is 2.61. The van der Waals surface area contributed by atoms with Crippen molar-refractivity contribution in [1.29, 1.82) is 0 Å². The maximum Gasteiger partial charge on any atom is 0.105 e. The van der Waals surface area contributed by atoms with Gasteiger partial charge in [-0.1, -0.05) is 13.8 Å². The molecule has 4 heteroatoms. The molecule has 0 aromatic rings. The van der Waals surface area contributed by atoms with Crippen LogP contribution in [0, 0.1) is 11.8 Å². The Balaban J connectivity index is 2.63. The predicted octanol–water partition coefficient (Wildman–Crippen LogP) is 1.20. The van der Waals surface area contributed by atoms with E-state index in [1.807, 2.05) is 13.8 Å². The van der Waals surface area contributed by atoms with Crippen molar-refractivity contribution in [3.05, 3.63) is 0 Å². The van der Waals surface area contributed by atoms with Gasteiger partial charge in [-0.2, -0.15) is 12.6 Å². The molecule has 5 atom stereocenters. The van der Waals surface area contributed by atoms with Crippen molar-refractivity contribution >= 4 is 25.3 Å². The van der Waals surface area contributed by atoms with Crippen LogP contribution in [0.1, 0.15) is 13.8 Å². The fourth-order valence-electron chi connectivity index (χ4n) is 1.50. The first-order valence-electron chi connectivity index (χ1n) is 4.20. The van der Waals surface area contributed by atoms with Gasteiger partial charge in [0.1, 0.15) is 5.44 Å². The zero-order valence-electron chi connectivity index (χ0n) is 7.34. The molecule has 0 radical (unpaired) electrons. The average Bonchev–Trinajstić information content (AvgIpc) is 2.08. The summed E-state index contributed by atoms with van der Waals surface area (Å²) in [5.74, 6) is 0.891. The number of rotatable bonds is 1. The molecule has 0 amide bonds. The van der Waals surface area contributed by atoms with Crippen molar-refractivity contribution in [3.63, 3.8) is 0 Å². The summed E-state index contributed by atoms with van der Waals surface area (Å²) in [6, 6.07) is 0. The molecule has 1 saturated heterocycles. The Kier molecular flexibility index (Phi) is 3.76. The summed E-state index contributed by atoms with van der Waals surface area (Å²) in [6.07, 6.45) is -0.291. The molecule has 0 aromatic carbocycles. The Labute approximate surface area is 84.5 Å². The number of aliphatic hydroxyl groups is 1. The van der Waals surface area contributed by atoms with Crippen molar-refractivity contribution in [2.45, 2.75) is 31.5 Å². The molecule has 0 aliphatic carbocycles. The van der Waals surface area contributed by atoms with Gasteiger partial charge in [-0.25, -0.2) is 0 Å². The summed E-state index contributed by atoms with van der Waals surface area (Å²) in [5, 5.41) is 9.76. The fourth-order valence-corrected chi connectivity index (χ4v) is 2.25. The number of hydrogen-bond acceptors (Lipinski definition) is 4. The number of hydrogen-bond donors (Lipinski definition) is 3. The largest absolute Gasteiger partial charge is 0.392 e. The maximum atomic E-state index is 9.76. The van der Waals surface area contributed by atoms with E-state index in [2.05, 4.69) is 25.3 Å². The summed E-state index contributed by atoms with van der Waals surface area (Å²) in [4.78, 5) is 0. The Morgan fingerprint density at radius 3 is 2.42 bits per heavy atom. The standard InChI is InChI=1S/C8H16O2S2/c1-4-6(3-11)10-8(12)5(2)7(4)9/h4-9,11-12H,3H2,1-2H3/t4-,5?,6?,7+,8+/m1/s1. The normalized spacial score (nSPS) is 49.2.